The van der Waals surface area contributed by atoms with Crippen LogP contribution >= 0.6 is 0 Å². The van der Waals surface area contributed by atoms with Crippen molar-refractivity contribution in [2.75, 3.05) is 5.32 Å². The van der Waals surface area contributed by atoms with Crippen LogP contribution in [0.4, 0.5) is 16.0 Å². The molecule has 1 saturated carbocycles. The number of hydrogen-bond acceptors (Lipinski definition) is 7. The molecule has 0 aromatic carbocycles. The number of aromatic nitrogens is 7. The summed E-state index contributed by atoms with van der Waals surface area (Å²) in [6.45, 7) is 7.81. The normalized spacial score (nSPS) is 20.1. The van der Waals surface area contributed by atoms with Gasteiger partial charge in [0.2, 0.25) is 5.91 Å². The lowest BCUT2D eigenvalue weighted by atomic mass is 9.86. The first kappa shape index (κ1) is 24.5. The van der Waals surface area contributed by atoms with Crippen LogP contribution in [-0.4, -0.2) is 40.8 Å². The van der Waals surface area contributed by atoms with E-state index in [2.05, 4.69) is 35.9 Å². The molecule has 0 unspecified atom stereocenters. The molecule has 5 rings (SSSR count). The van der Waals surface area contributed by atoms with Crippen molar-refractivity contribution >= 4 is 17.5 Å². The number of pyridine rings is 1. The summed E-state index contributed by atoms with van der Waals surface area (Å²) in [6.07, 6.45) is 6.32. The Morgan fingerprint density at radius 1 is 1.22 bits per heavy atom. The van der Waals surface area contributed by atoms with Gasteiger partial charge in [-0.3, -0.25) is 9.89 Å². The number of aryl methyl sites for hydroxylation is 2. The summed E-state index contributed by atoms with van der Waals surface area (Å²) in [7, 11) is 0. The Morgan fingerprint density at radius 2 is 2.05 bits per heavy atom. The number of amides is 1. The lowest BCUT2D eigenvalue weighted by molar-refractivity contribution is -0.130. The lowest BCUT2D eigenvalue weighted by Crippen LogP contribution is -2.38. The molecule has 37 heavy (non-hydrogen) atoms. The van der Waals surface area contributed by atoms with Gasteiger partial charge < -0.3 is 10.6 Å². The van der Waals surface area contributed by atoms with Crippen LogP contribution in [-0.2, 0) is 4.79 Å². The van der Waals surface area contributed by atoms with Crippen LogP contribution in [0.5, 0.6) is 0 Å². The monoisotopic (exact) mass is 503 g/mol. The maximum atomic E-state index is 13.3. The third-order valence-electron chi connectivity index (χ3n) is 6.89. The Balaban J connectivity index is 1.23. The van der Waals surface area contributed by atoms with Crippen molar-refractivity contribution in [1.29, 1.82) is 0 Å². The highest BCUT2D eigenvalue weighted by Crippen LogP contribution is 2.46. The van der Waals surface area contributed by atoms with E-state index in [-0.39, 0.29) is 17.9 Å². The standard InChI is InChI=1S/C26H30FN9O/c1-15-9-21(32-22-10-16(2)34-35-22)33-24(30-15)18-7-8-26(4,11-18)25(37)31-17(3)19-5-6-23(28-12-19)36-14-20(27)13-29-36/h5-6,9-10,12-14,17-18H,7-8,11H2,1-4H3,(H,31,37)(H2,30,32,33,34,35)/t17-,18-,26-/m0/s1. The van der Waals surface area contributed by atoms with Crippen LogP contribution in [0.2, 0.25) is 0 Å². The first-order valence-corrected chi connectivity index (χ1v) is 12.3. The van der Waals surface area contributed by atoms with Gasteiger partial charge in [0.25, 0.3) is 0 Å². The molecule has 4 heterocycles. The predicted molar refractivity (Wildman–Crippen MR) is 136 cm³/mol. The number of H-pyrrole nitrogens is 1. The molecule has 192 valence electrons. The SMILES string of the molecule is Cc1cc(Nc2cc(C)[nH]n2)nc([C@H]2CC[C@](C)(C(=O)N[C@@H](C)c3ccc(-n4cc(F)cn4)nc3)C2)n1. The average Bonchev–Trinajstić information content (AvgIpc) is 3.59. The Kier molecular flexibility index (Phi) is 6.45. The molecule has 0 bridgehead atoms. The highest BCUT2D eigenvalue weighted by atomic mass is 19.1. The maximum absolute atomic E-state index is 13.3. The zero-order valence-corrected chi connectivity index (χ0v) is 21.3. The van der Waals surface area contributed by atoms with Gasteiger partial charge in [-0.1, -0.05) is 13.0 Å². The van der Waals surface area contributed by atoms with E-state index < -0.39 is 11.2 Å². The highest BCUT2D eigenvalue weighted by molar-refractivity contribution is 5.83. The zero-order valence-electron chi connectivity index (χ0n) is 21.3. The smallest absolute Gasteiger partial charge is 0.226 e. The van der Waals surface area contributed by atoms with Crippen LogP contribution in [0.3, 0.4) is 0 Å². The Morgan fingerprint density at radius 3 is 2.73 bits per heavy atom. The van der Waals surface area contributed by atoms with Crippen molar-refractivity contribution in [2.24, 2.45) is 5.41 Å². The quantitative estimate of drug-likeness (QED) is 0.340. The van der Waals surface area contributed by atoms with Gasteiger partial charge in [0.1, 0.15) is 11.6 Å². The molecule has 1 fully saturated rings. The van der Waals surface area contributed by atoms with E-state index >= 15 is 0 Å². The number of nitrogens with one attached hydrogen (secondary N) is 3. The van der Waals surface area contributed by atoms with Crippen molar-refractivity contribution in [1.82, 2.24) is 40.2 Å². The summed E-state index contributed by atoms with van der Waals surface area (Å²) in [4.78, 5) is 27.1. The number of aromatic amines is 1. The number of anilines is 2. The van der Waals surface area contributed by atoms with Crippen molar-refractivity contribution in [3.8, 4) is 5.82 Å². The molecule has 1 amide bonds. The van der Waals surface area contributed by atoms with Gasteiger partial charge >= 0.3 is 0 Å². The number of halogens is 1. The van der Waals surface area contributed by atoms with Crippen LogP contribution in [0.1, 0.15) is 67.8 Å². The Labute approximate surface area is 214 Å². The lowest BCUT2D eigenvalue weighted by Gasteiger charge is -2.26. The molecule has 3 N–H and O–H groups in total. The zero-order chi connectivity index (χ0) is 26.2. The average molecular weight is 504 g/mol. The van der Waals surface area contributed by atoms with E-state index in [0.29, 0.717) is 23.9 Å². The number of rotatable bonds is 7. The Hall–Kier alpha value is -4.15. The van der Waals surface area contributed by atoms with Crippen LogP contribution in [0.15, 0.2) is 42.9 Å². The van der Waals surface area contributed by atoms with E-state index in [1.54, 1.807) is 12.3 Å². The summed E-state index contributed by atoms with van der Waals surface area (Å²) in [5.41, 5.74) is 2.15. The highest BCUT2D eigenvalue weighted by Gasteiger charge is 2.43. The second kappa shape index (κ2) is 9.72. The number of carbonyl (C=O) groups is 1. The minimum Gasteiger partial charge on any atom is -0.349 e. The number of hydrogen-bond donors (Lipinski definition) is 3. The third-order valence-corrected chi connectivity index (χ3v) is 6.89. The molecule has 1 aliphatic rings. The molecule has 4 aromatic heterocycles. The van der Waals surface area contributed by atoms with Crippen molar-refractivity contribution < 1.29 is 9.18 Å². The minimum absolute atomic E-state index is 0.00118. The molecule has 0 spiro atoms. The van der Waals surface area contributed by atoms with Crippen molar-refractivity contribution in [2.45, 2.75) is 58.9 Å². The largest absolute Gasteiger partial charge is 0.349 e. The fourth-order valence-corrected chi connectivity index (χ4v) is 4.79. The van der Waals surface area contributed by atoms with Gasteiger partial charge in [0.15, 0.2) is 17.5 Å². The van der Waals surface area contributed by atoms with E-state index in [9.17, 15) is 9.18 Å². The van der Waals surface area contributed by atoms with Crippen LogP contribution in [0, 0.1) is 25.1 Å². The summed E-state index contributed by atoms with van der Waals surface area (Å²) in [6, 6.07) is 7.18. The van der Waals surface area contributed by atoms with Gasteiger partial charge in [-0.05, 0) is 51.7 Å². The number of nitrogens with zero attached hydrogens (tertiary/aromatic N) is 6. The first-order chi connectivity index (χ1) is 17.7. The fourth-order valence-electron chi connectivity index (χ4n) is 4.79. The van der Waals surface area contributed by atoms with Crippen molar-refractivity contribution in [3.05, 3.63) is 71.4 Å². The minimum atomic E-state index is -0.529. The second-order valence-electron chi connectivity index (χ2n) is 10.1. The molecule has 1 aliphatic carbocycles. The molecule has 0 aliphatic heterocycles. The topological polar surface area (TPSA) is 126 Å². The molecule has 0 saturated heterocycles. The van der Waals surface area contributed by atoms with Gasteiger partial charge in [0, 0.05) is 41.1 Å². The molecular weight excluding hydrogens is 473 g/mol. The molecule has 11 heteroatoms. The number of carbonyl (C=O) groups excluding carboxylic acids is 1. The summed E-state index contributed by atoms with van der Waals surface area (Å²) in [5.74, 6) is 2.30. The van der Waals surface area contributed by atoms with Crippen molar-refractivity contribution in [3.63, 3.8) is 0 Å². The summed E-state index contributed by atoms with van der Waals surface area (Å²) >= 11 is 0. The predicted octanol–water partition coefficient (Wildman–Crippen LogP) is 4.43. The second-order valence-corrected chi connectivity index (χ2v) is 10.1. The van der Waals surface area contributed by atoms with E-state index in [0.717, 1.165) is 41.8 Å². The molecule has 0 radical (unpaired) electrons. The molecule has 4 aromatic rings. The molecule has 10 nitrogen and oxygen atoms in total. The summed E-state index contributed by atoms with van der Waals surface area (Å²) in [5, 5.41) is 17.4. The van der Waals surface area contributed by atoms with E-state index in [1.165, 1.54) is 10.9 Å². The summed E-state index contributed by atoms with van der Waals surface area (Å²) < 4.78 is 14.6. The van der Waals surface area contributed by atoms with Gasteiger partial charge in [-0.2, -0.15) is 10.2 Å². The third kappa shape index (κ3) is 5.35. The van der Waals surface area contributed by atoms with Gasteiger partial charge in [-0.15, -0.1) is 0 Å². The first-order valence-electron chi connectivity index (χ1n) is 12.3. The van der Waals surface area contributed by atoms with Gasteiger partial charge in [0.05, 0.1) is 18.4 Å². The fraction of sp³-hybridized carbons (Fsp3) is 0.385. The van der Waals surface area contributed by atoms with Crippen LogP contribution < -0.4 is 10.6 Å². The molecule has 3 atom stereocenters. The van der Waals surface area contributed by atoms with E-state index in [1.807, 2.05) is 45.9 Å². The van der Waals surface area contributed by atoms with E-state index in [4.69, 9.17) is 4.98 Å². The van der Waals surface area contributed by atoms with Crippen LogP contribution in [0.25, 0.3) is 5.82 Å². The Bertz CT molecular complexity index is 1410. The molecular formula is C26H30FN9O. The maximum Gasteiger partial charge on any atom is 0.226 e. The van der Waals surface area contributed by atoms with Gasteiger partial charge in [-0.25, -0.2) is 24.0 Å².